The topological polar surface area (TPSA) is 106 Å². The van der Waals surface area contributed by atoms with Crippen LogP contribution in [-0.2, 0) is 24.2 Å². The number of hydrogen-bond acceptors (Lipinski definition) is 6. The molecule has 0 aliphatic carbocycles. The van der Waals surface area contributed by atoms with Gasteiger partial charge in [-0.3, -0.25) is 9.59 Å². The SMILES string of the molecule is O=C(CCc1nnc(Cc2ccc3c(c2)OCO3)[nH]c1=O)NCc1cccc(F)c1. The van der Waals surface area contributed by atoms with Crippen LogP contribution in [0.25, 0.3) is 0 Å². The molecule has 2 N–H and O–H groups in total. The van der Waals surface area contributed by atoms with Gasteiger partial charge in [-0.1, -0.05) is 18.2 Å². The lowest BCUT2D eigenvalue weighted by molar-refractivity contribution is -0.121. The van der Waals surface area contributed by atoms with Gasteiger partial charge in [-0.15, -0.1) is 10.2 Å². The van der Waals surface area contributed by atoms with Crippen molar-refractivity contribution in [2.24, 2.45) is 0 Å². The number of fused-ring (bicyclic) bond motifs is 1. The molecule has 0 saturated heterocycles. The third-order valence-electron chi connectivity index (χ3n) is 4.59. The monoisotopic (exact) mass is 410 g/mol. The third kappa shape index (κ3) is 4.80. The molecule has 0 saturated carbocycles. The largest absolute Gasteiger partial charge is 0.454 e. The van der Waals surface area contributed by atoms with Crippen molar-refractivity contribution in [2.75, 3.05) is 6.79 Å². The Morgan fingerprint density at radius 3 is 2.80 bits per heavy atom. The highest BCUT2D eigenvalue weighted by Crippen LogP contribution is 2.32. The molecule has 1 amide bonds. The van der Waals surface area contributed by atoms with Gasteiger partial charge < -0.3 is 19.8 Å². The van der Waals surface area contributed by atoms with Crippen molar-refractivity contribution in [3.8, 4) is 11.5 Å². The first-order valence-corrected chi connectivity index (χ1v) is 9.41. The molecule has 0 bridgehead atoms. The fourth-order valence-corrected chi connectivity index (χ4v) is 3.05. The van der Waals surface area contributed by atoms with Crippen LogP contribution in [0.3, 0.4) is 0 Å². The Kier molecular flexibility index (Phi) is 5.69. The molecule has 9 heteroatoms. The number of halogens is 1. The van der Waals surface area contributed by atoms with E-state index >= 15 is 0 Å². The van der Waals surface area contributed by atoms with Gasteiger partial charge in [-0.05, 0) is 35.4 Å². The van der Waals surface area contributed by atoms with Gasteiger partial charge in [0.2, 0.25) is 12.7 Å². The number of H-pyrrole nitrogens is 1. The van der Waals surface area contributed by atoms with Crippen molar-refractivity contribution in [1.29, 1.82) is 0 Å². The number of nitrogens with one attached hydrogen (secondary N) is 2. The van der Waals surface area contributed by atoms with E-state index in [2.05, 4.69) is 20.5 Å². The van der Waals surface area contributed by atoms with Crippen LogP contribution in [0.5, 0.6) is 11.5 Å². The molecule has 0 radical (unpaired) electrons. The summed E-state index contributed by atoms with van der Waals surface area (Å²) >= 11 is 0. The zero-order chi connectivity index (χ0) is 20.9. The van der Waals surface area contributed by atoms with E-state index in [1.165, 1.54) is 12.1 Å². The molecule has 4 rings (SSSR count). The second kappa shape index (κ2) is 8.73. The molecule has 154 valence electrons. The Morgan fingerprint density at radius 2 is 1.97 bits per heavy atom. The minimum absolute atomic E-state index is 0.0780. The first kappa shape index (κ1) is 19.6. The highest BCUT2D eigenvalue weighted by Gasteiger charge is 2.14. The molecule has 0 unspecified atom stereocenters. The second-order valence-corrected chi connectivity index (χ2v) is 6.82. The van der Waals surface area contributed by atoms with E-state index in [0.29, 0.717) is 29.3 Å². The molecule has 8 nitrogen and oxygen atoms in total. The van der Waals surface area contributed by atoms with Crippen molar-refractivity contribution in [2.45, 2.75) is 25.8 Å². The zero-order valence-corrected chi connectivity index (χ0v) is 16.0. The summed E-state index contributed by atoms with van der Waals surface area (Å²) in [6, 6.07) is 11.5. The number of aromatic amines is 1. The minimum atomic E-state index is -0.376. The fourth-order valence-electron chi connectivity index (χ4n) is 3.05. The lowest BCUT2D eigenvalue weighted by atomic mass is 10.1. The summed E-state index contributed by atoms with van der Waals surface area (Å²) in [6.07, 6.45) is 0.615. The van der Waals surface area contributed by atoms with Gasteiger partial charge in [0.15, 0.2) is 11.5 Å². The smallest absolute Gasteiger partial charge is 0.272 e. The average Bonchev–Trinajstić information content (AvgIpc) is 3.20. The van der Waals surface area contributed by atoms with Gasteiger partial charge >= 0.3 is 0 Å². The Labute approximate surface area is 171 Å². The summed E-state index contributed by atoms with van der Waals surface area (Å²) in [7, 11) is 0. The van der Waals surface area contributed by atoms with Crippen LogP contribution in [0.2, 0.25) is 0 Å². The first-order chi connectivity index (χ1) is 14.6. The van der Waals surface area contributed by atoms with E-state index in [0.717, 1.165) is 5.56 Å². The normalized spacial score (nSPS) is 12.0. The quantitative estimate of drug-likeness (QED) is 0.616. The van der Waals surface area contributed by atoms with Gasteiger partial charge in [0.25, 0.3) is 5.56 Å². The van der Waals surface area contributed by atoms with Crippen LogP contribution in [0.15, 0.2) is 47.3 Å². The molecular formula is C21H19FN4O4. The highest BCUT2D eigenvalue weighted by atomic mass is 19.1. The maximum absolute atomic E-state index is 13.2. The molecule has 3 aromatic rings. The third-order valence-corrected chi connectivity index (χ3v) is 4.59. The molecular weight excluding hydrogens is 391 g/mol. The van der Waals surface area contributed by atoms with Crippen LogP contribution in [0, 0.1) is 5.82 Å². The number of carbonyl (C=O) groups excluding carboxylic acids is 1. The van der Waals surface area contributed by atoms with E-state index in [1.54, 1.807) is 18.2 Å². The van der Waals surface area contributed by atoms with Gasteiger partial charge in [-0.2, -0.15) is 0 Å². The number of rotatable bonds is 7. The Hall–Kier alpha value is -3.75. The van der Waals surface area contributed by atoms with Crippen molar-refractivity contribution < 1.29 is 18.7 Å². The van der Waals surface area contributed by atoms with Crippen molar-refractivity contribution in [3.05, 3.63) is 81.3 Å². The maximum Gasteiger partial charge on any atom is 0.272 e. The molecule has 1 aromatic heterocycles. The van der Waals surface area contributed by atoms with Crippen molar-refractivity contribution >= 4 is 5.91 Å². The zero-order valence-electron chi connectivity index (χ0n) is 16.0. The van der Waals surface area contributed by atoms with E-state index in [4.69, 9.17) is 9.47 Å². The Balaban J connectivity index is 1.31. The summed E-state index contributed by atoms with van der Waals surface area (Å²) in [5, 5.41) is 10.7. The summed E-state index contributed by atoms with van der Waals surface area (Å²) in [5.74, 6) is 1.14. The lowest BCUT2D eigenvalue weighted by Gasteiger charge is -2.06. The standard InChI is InChI=1S/C21H19FN4O4/c22-15-3-1-2-14(8-15)11-23-20(27)7-5-16-21(28)24-19(26-25-16)10-13-4-6-17-18(9-13)30-12-29-17/h1-4,6,8-9H,5,7,10-12H2,(H,23,27)(H,24,26,28). The number of hydrogen-bond donors (Lipinski definition) is 2. The van der Waals surface area contributed by atoms with Crippen LogP contribution in [0.4, 0.5) is 4.39 Å². The average molecular weight is 410 g/mol. The number of aryl methyl sites for hydroxylation is 1. The molecule has 30 heavy (non-hydrogen) atoms. The number of carbonyl (C=O) groups is 1. The minimum Gasteiger partial charge on any atom is -0.454 e. The van der Waals surface area contributed by atoms with Gasteiger partial charge in [0, 0.05) is 25.8 Å². The maximum atomic E-state index is 13.2. The number of amides is 1. The number of aromatic nitrogens is 3. The van der Waals surface area contributed by atoms with Gasteiger partial charge in [0.1, 0.15) is 17.3 Å². The summed E-state index contributed by atoms with van der Waals surface area (Å²) in [4.78, 5) is 27.0. The molecule has 0 spiro atoms. The molecule has 0 fully saturated rings. The predicted octanol–water partition coefficient (Wildman–Crippen LogP) is 1.87. The van der Waals surface area contributed by atoms with Gasteiger partial charge in [-0.25, -0.2) is 4.39 Å². The number of ether oxygens (including phenoxy) is 2. The van der Waals surface area contributed by atoms with E-state index < -0.39 is 0 Å². The second-order valence-electron chi connectivity index (χ2n) is 6.82. The highest BCUT2D eigenvalue weighted by molar-refractivity contribution is 5.76. The number of nitrogens with zero attached hydrogens (tertiary/aromatic N) is 2. The van der Waals surface area contributed by atoms with Crippen LogP contribution in [0.1, 0.15) is 29.1 Å². The van der Waals surface area contributed by atoms with Crippen LogP contribution >= 0.6 is 0 Å². The number of benzene rings is 2. The van der Waals surface area contributed by atoms with Crippen LogP contribution < -0.4 is 20.3 Å². The van der Waals surface area contributed by atoms with E-state index in [9.17, 15) is 14.0 Å². The summed E-state index contributed by atoms with van der Waals surface area (Å²) in [6.45, 7) is 0.410. The van der Waals surface area contributed by atoms with Gasteiger partial charge in [0.05, 0.1) is 0 Å². The summed E-state index contributed by atoms with van der Waals surface area (Å²) in [5.41, 5.74) is 1.37. The molecule has 1 aliphatic rings. The molecule has 2 aromatic carbocycles. The lowest BCUT2D eigenvalue weighted by Crippen LogP contribution is -2.25. The Morgan fingerprint density at radius 1 is 1.10 bits per heavy atom. The van der Waals surface area contributed by atoms with Crippen molar-refractivity contribution in [3.63, 3.8) is 0 Å². The molecule has 1 aliphatic heterocycles. The first-order valence-electron chi connectivity index (χ1n) is 9.41. The molecule has 0 atom stereocenters. The summed E-state index contributed by atoms with van der Waals surface area (Å²) < 4.78 is 23.8. The fraction of sp³-hybridized carbons (Fsp3) is 0.238. The molecule has 2 heterocycles. The van der Waals surface area contributed by atoms with Crippen molar-refractivity contribution in [1.82, 2.24) is 20.5 Å². The predicted molar refractivity (Wildman–Crippen MR) is 105 cm³/mol. The van der Waals surface area contributed by atoms with E-state index in [1.807, 2.05) is 12.1 Å². The van der Waals surface area contributed by atoms with E-state index in [-0.39, 0.29) is 49.2 Å². The van der Waals surface area contributed by atoms with Crippen LogP contribution in [-0.4, -0.2) is 27.9 Å². The Bertz CT molecular complexity index is 1130.